The third-order valence-corrected chi connectivity index (χ3v) is 6.16. The van der Waals surface area contributed by atoms with E-state index in [9.17, 15) is 19.7 Å². The van der Waals surface area contributed by atoms with Crippen LogP contribution in [0.15, 0.2) is 12.1 Å². The molecule has 0 atom stereocenters. The van der Waals surface area contributed by atoms with Gasteiger partial charge in [-0.05, 0) is 18.9 Å². The number of ether oxygens (including phenoxy) is 1. The van der Waals surface area contributed by atoms with Gasteiger partial charge in [0.1, 0.15) is 0 Å². The van der Waals surface area contributed by atoms with Crippen LogP contribution in [-0.2, 0) is 9.53 Å². The molecule has 0 spiro atoms. The Balaban J connectivity index is 0.00000261. The molecule has 2 aliphatic rings. The topological polar surface area (TPSA) is 119 Å². The van der Waals surface area contributed by atoms with Gasteiger partial charge < -0.3 is 20.3 Å². The quantitative estimate of drug-likeness (QED) is 0.578. The van der Waals surface area contributed by atoms with Crippen molar-refractivity contribution >= 4 is 40.6 Å². The van der Waals surface area contributed by atoms with E-state index in [4.69, 9.17) is 10.5 Å². The molecule has 27 heavy (non-hydrogen) atoms. The number of thiophene rings is 1. The number of carbonyl (C=O) groups is 2. The van der Waals surface area contributed by atoms with Crippen LogP contribution in [0.3, 0.4) is 0 Å². The van der Waals surface area contributed by atoms with Crippen LogP contribution in [0, 0.1) is 15.5 Å². The zero-order valence-electron chi connectivity index (χ0n) is 14.8. The molecule has 3 heterocycles. The van der Waals surface area contributed by atoms with Crippen LogP contribution in [-0.4, -0.2) is 72.5 Å². The third-order valence-electron chi connectivity index (χ3n) is 5.13. The number of piperazine rings is 1. The van der Waals surface area contributed by atoms with Crippen molar-refractivity contribution in [2.45, 2.75) is 12.8 Å². The first kappa shape index (κ1) is 21.5. The fourth-order valence-electron chi connectivity index (χ4n) is 3.41. The standard InChI is InChI=1S/C16H22N4O5S.ClH/c17-11-16(3-9-25-10-4-16)15(22)19-7-5-18(6-8-19)14(21)12-1-2-13(26-12)20(23)24;/h1-2H,3-11,17H2;1H. The Kier molecular flexibility index (Phi) is 7.15. The van der Waals surface area contributed by atoms with E-state index in [1.54, 1.807) is 9.80 Å². The summed E-state index contributed by atoms with van der Waals surface area (Å²) in [5.74, 6) is -0.183. The second-order valence-electron chi connectivity index (χ2n) is 6.58. The molecule has 0 aliphatic carbocycles. The predicted molar refractivity (Wildman–Crippen MR) is 102 cm³/mol. The van der Waals surface area contributed by atoms with Crippen molar-refractivity contribution in [3.8, 4) is 0 Å². The minimum atomic E-state index is -0.557. The highest BCUT2D eigenvalue weighted by atomic mass is 35.5. The van der Waals surface area contributed by atoms with E-state index in [0.29, 0.717) is 63.7 Å². The van der Waals surface area contributed by atoms with Gasteiger partial charge in [-0.25, -0.2) is 0 Å². The van der Waals surface area contributed by atoms with Crippen LogP contribution >= 0.6 is 23.7 Å². The van der Waals surface area contributed by atoms with Gasteiger partial charge in [0, 0.05) is 52.0 Å². The van der Waals surface area contributed by atoms with Crippen LogP contribution in [0.5, 0.6) is 0 Å². The zero-order valence-corrected chi connectivity index (χ0v) is 16.4. The van der Waals surface area contributed by atoms with Gasteiger partial charge in [0.25, 0.3) is 5.91 Å². The van der Waals surface area contributed by atoms with Crippen LogP contribution in [0.4, 0.5) is 5.00 Å². The molecule has 0 aromatic carbocycles. The molecule has 0 bridgehead atoms. The Hall–Kier alpha value is -1.75. The molecule has 150 valence electrons. The Morgan fingerprint density at radius 2 is 1.78 bits per heavy atom. The smallest absolute Gasteiger partial charge is 0.324 e. The molecule has 2 aliphatic heterocycles. The maximum absolute atomic E-state index is 12.9. The zero-order chi connectivity index (χ0) is 18.7. The van der Waals surface area contributed by atoms with E-state index in [2.05, 4.69) is 0 Å². The molecule has 0 radical (unpaired) electrons. The van der Waals surface area contributed by atoms with Crippen molar-refractivity contribution in [3.05, 3.63) is 27.1 Å². The van der Waals surface area contributed by atoms with Crippen LogP contribution in [0.1, 0.15) is 22.5 Å². The lowest BCUT2D eigenvalue weighted by Gasteiger charge is -2.42. The maximum atomic E-state index is 12.9. The minimum absolute atomic E-state index is 0. The average molecular weight is 419 g/mol. The number of nitro groups is 1. The summed E-state index contributed by atoms with van der Waals surface area (Å²) in [7, 11) is 0. The van der Waals surface area contributed by atoms with Gasteiger partial charge >= 0.3 is 5.00 Å². The molecular weight excluding hydrogens is 396 g/mol. The molecule has 2 amide bonds. The summed E-state index contributed by atoms with van der Waals surface area (Å²) in [5.41, 5.74) is 5.35. The first-order chi connectivity index (χ1) is 12.5. The molecule has 1 aromatic heterocycles. The number of hydrogen-bond donors (Lipinski definition) is 1. The van der Waals surface area contributed by atoms with Crippen molar-refractivity contribution in [3.63, 3.8) is 0 Å². The first-order valence-corrected chi connectivity index (χ1v) is 9.39. The molecule has 0 saturated carbocycles. The van der Waals surface area contributed by atoms with Crippen molar-refractivity contribution in [1.82, 2.24) is 9.80 Å². The maximum Gasteiger partial charge on any atom is 0.324 e. The second kappa shape index (κ2) is 8.96. The SMILES string of the molecule is Cl.NCC1(C(=O)N2CCN(C(=O)c3ccc([N+](=O)[O-])s3)CC2)CCOCC1. The average Bonchev–Trinajstić information content (AvgIpc) is 3.18. The Morgan fingerprint density at radius 3 is 2.30 bits per heavy atom. The Bertz CT molecular complexity index is 699. The lowest BCUT2D eigenvalue weighted by Crippen LogP contribution is -2.57. The largest absolute Gasteiger partial charge is 0.381 e. The highest BCUT2D eigenvalue weighted by Gasteiger charge is 2.42. The molecule has 2 fully saturated rings. The van der Waals surface area contributed by atoms with Crippen LogP contribution < -0.4 is 5.73 Å². The van der Waals surface area contributed by atoms with Gasteiger partial charge in [-0.2, -0.15) is 0 Å². The van der Waals surface area contributed by atoms with Crippen LogP contribution in [0.2, 0.25) is 0 Å². The van der Waals surface area contributed by atoms with Gasteiger partial charge in [-0.15, -0.1) is 12.4 Å². The third kappa shape index (κ3) is 4.40. The van der Waals surface area contributed by atoms with Gasteiger partial charge in [-0.3, -0.25) is 19.7 Å². The van der Waals surface area contributed by atoms with E-state index >= 15 is 0 Å². The normalized spacial score (nSPS) is 19.3. The summed E-state index contributed by atoms with van der Waals surface area (Å²) in [4.78, 5) is 39.5. The molecule has 9 nitrogen and oxygen atoms in total. The van der Waals surface area contributed by atoms with Crippen molar-refractivity contribution in [1.29, 1.82) is 0 Å². The number of rotatable bonds is 4. The summed E-state index contributed by atoms with van der Waals surface area (Å²) in [6, 6.07) is 2.82. The van der Waals surface area contributed by atoms with E-state index in [-0.39, 0.29) is 29.2 Å². The molecule has 0 unspecified atom stereocenters. The van der Waals surface area contributed by atoms with Gasteiger partial charge in [0.05, 0.1) is 15.2 Å². The molecule has 2 saturated heterocycles. The summed E-state index contributed by atoms with van der Waals surface area (Å²) in [6.45, 7) is 3.09. The molecular formula is C16H23ClN4O5S. The van der Waals surface area contributed by atoms with E-state index in [1.165, 1.54) is 12.1 Å². The minimum Gasteiger partial charge on any atom is -0.381 e. The van der Waals surface area contributed by atoms with Gasteiger partial charge in [-0.1, -0.05) is 11.3 Å². The lowest BCUT2D eigenvalue weighted by molar-refractivity contribution is -0.380. The number of carbonyl (C=O) groups excluding carboxylic acids is 2. The summed E-state index contributed by atoms with van der Waals surface area (Å²) < 4.78 is 5.35. The van der Waals surface area contributed by atoms with E-state index < -0.39 is 10.3 Å². The van der Waals surface area contributed by atoms with E-state index in [1.807, 2.05) is 0 Å². The highest BCUT2D eigenvalue weighted by molar-refractivity contribution is 7.17. The number of nitrogens with zero attached hydrogens (tertiary/aromatic N) is 3. The summed E-state index contributed by atoms with van der Waals surface area (Å²) in [5, 5.41) is 10.7. The predicted octanol–water partition coefficient (Wildman–Crippen LogP) is 1.12. The summed E-state index contributed by atoms with van der Waals surface area (Å²) >= 11 is 0.874. The number of amides is 2. The van der Waals surface area contributed by atoms with Crippen molar-refractivity contribution in [2.24, 2.45) is 11.1 Å². The monoisotopic (exact) mass is 418 g/mol. The van der Waals surface area contributed by atoms with E-state index in [0.717, 1.165) is 11.3 Å². The fraction of sp³-hybridized carbons (Fsp3) is 0.625. The Labute approximate surface area is 167 Å². The van der Waals surface area contributed by atoms with Gasteiger partial charge in [0.2, 0.25) is 5.91 Å². The number of hydrogen-bond acceptors (Lipinski definition) is 7. The molecule has 3 rings (SSSR count). The highest BCUT2D eigenvalue weighted by Crippen LogP contribution is 2.32. The molecule has 1 aromatic rings. The van der Waals surface area contributed by atoms with Crippen molar-refractivity contribution < 1.29 is 19.2 Å². The number of halogens is 1. The second-order valence-corrected chi connectivity index (χ2v) is 7.64. The Morgan fingerprint density at radius 1 is 1.19 bits per heavy atom. The molecule has 2 N–H and O–H groups in total. The van der Waals surface area contributed by atoms with Gasteiger partial charge in [0.15, 0.2) is 0 Å². The summed E-state index contributed by atoms with van der Waals surface area (Å²) in [6.07, 6.45) is 1.25. The first-order valence-electron chi connectivity index (χ1n) is 8.57. The van der Waals surface area contributed by atoms with Crippen molar-refractivity contribution in [2.75, 3.05) is 45.9 Å². The van der Waals surface area contributed by atoms with Crippen LogP contribution in [0.25, 0.3) is 0 Å². The molecule has 11 heteroatoms. The lowest BCUT2D eigenvalue weighted by atomic mass is 9.78. The number of nitrogens with two attached hydrogens (primary N) is 1. The fourth-order valence-corrected chi connectivity index (χ4v) is 4.20.